The van der Waals surface area contributed by atoms with Crippen LogP contribution < -0.4 is 17.0 Å². The fourth-order valence-electron chi connectivity index (χ4n) is 14.4. The number of benzene rings is 7. The lowest BCUT2D eigenvalue weighted by Gasteiger charge is -2.27. The molecule has 0 fully saturated rings. The van der Waals surface area contributed by atoms with Crippen molar-refractivity contribution in [2.45, 2.75) is 231 Å². The number of rotatable bonds is 35. The number of hydrogen-bond acceptors (Lipinski definition) is 8. The number of aliphatic hydroxyl groups is 1. The predicted octanol–water partition coefficient (Wildman–Crippen LogP) is 18.8. The van der Waals surface area contributed by atoms with Gasteiger partial charge in [-0.1, -0.05) is 224 Å². The molecule has 1 unspecified atom stereocenters. The van der Waals surface area contributed by atoms with Crippen molar-refractivity contribution in [1.29, 1.82) is 0 Å². The summed E-state index contributed by atoms with van der Waals surface area (Å²) < 4.78 is 35.0. The number of anilines is 2. The number of hydrogen-bond donors (Lipinski definition) is 3. The van der Waals surface area contributed by atoms with E-state index in [0.29, 0.717) is 52.2 Å². The summed E-state index contributed by atoms with van der Waals surface area (Å²) in [6.45, 7) is 7.72. The molecule has 0 amide bonds. The number of pyridine rings is 1. The van der Waals surface area contributed by atoms with E-state index in [0.717, 1.165) is 122 Å². The van der Waals surface area contributed by atoms with Crippen LogP contribution in [0.4, 0.5) is 11.4 Å². The molecule has 0 spiro atoms. The zero-order valence-corrected chi connectivity index (χ0v) is 51.6. The van der Waals surface area contributed by atoms with Gasteiger partial charge in [0.05, 0.1) is 38.3 Å². The maximum atomic E-state index is 14.9. The number of imidazole rings is 2. The van der Waals surface area contributed by atoms with Gasteiger partial charge in [-0.25, -0.2) is 18.4 Å². The van der Waals surface area contributed by atoms with E-state index in [4.69, 9.17) is 21.4 Å². The number of sulfonamides is 1. The van der Waals surface area contributed by atoms with Gasteiger partial charge in [0.15, 0.2) is 6.23 Å². The Kier molecular flexibility index (Phi) is 19.2. The van der Waals surface area contributed by atoms with Crippen molar-refractivity contribution in [3.05, 3.63) is 94.3 Å². The summed E-state index contributed by atoms with van der Waals surface area (Å²) >= 11 is 0. The molecule has 0 saturated carbocycles. The van der Waals surface area contributed by atoms with E-state index >= 15 is 0 Å². The number of aromatic nitrogens is 4. The molecule has 446 valence electrons. The van der Waals surface area contributed by atoms with Crippen molar-refractivity contribution in [3.63, 3.8) is 0 Å². The third-order valence-corrected chi connectivity index (χ3v) is 20.9. The summed E-state index contributed by atoms with van der Waals surface area (Å²) in [6, 6.07) is 24.0. The molecule has 10 aromatic rings. The Bertz CT molecular complexity index is 4030. The second-order valence-corrected chi connectivity index (χ2v) is 27.0. The highest BCUT2D eigenvalue weighted by molar-refractivity contribution is 7.89. The smallest absolute Gasteiger partial charge is 0.264 e. The number of nitrogens with two attached hydrogens (primary N) is 2. The number of nitrogen functional groups attached to an aromatic ring is 2. The fourth-order valence-corrected chi connectivity index (χ4v) is 16.0. The van der Waals surface area contributed by atoms with Crippen LogP contribution in [0.1, 0.15) is 231 Å². The first-order valence-corrected chi connectivity index (χ1v) is 34.6. The molecule has 11 nitrogen and oxygen atoms in total. The Morgan fingerprint density at radius 2 is 0.929 bits per heavy atom. The van der Waals surface area contributed by atoms with Crippen LogP contribution in [0.25, 0.3) is 93.0 Å². The van der Waals surface area contributed by atoms with Crippen molar-refractivity contribution in [2.75, 3.05) is 24.6 Å². The van der Waals surface area contributed by atoms with Gasteiger partial charge in [0.25, 0.3) is 5.56 Å². The largest absolute Gasteiger partial charge is 0.397 e. The van der Waals surface area contributed by atoms with Crippen LogP contribution in [0.5, 0.6) is 0 Å². The first-order chi connectivity index (χ1) is 41.1. The molecule has 7 aromatic carbocycles. The third kappa shape index (κ3) is 11.8. The van der Waals surface area contributed by atoms with Gasteiger partial charge < -0.3 is 16.6 Å². The minimum Gasteiger partial charge on any atom is -0.397 e. The van der Waals surface area contributed by atoms with Crippen molar-refractivity contribution < 1.29 is 13.5 Å². The van der Waals surface area contributed by atoms with Gasteiger partial charge in [-0.2, -0.15) is 4.31 Å². The summed E-state index contributed by atoms with van der Waals surface area (Å²) in [4.78, 5) is 25.4. The monoisotopic (exact) mass is 1150 g/mol. The van der Waals surface area contributed by atoms with Gasteiger partial charge in [0.2, 0.25) is 10.0 Å². The van der Waals surface area contributed by atoms with E-state index in [1.54, 1.807) is 25.4 Å². The first-order valence-electron chi connectivity index (χ1n) is 33.1. The van der Waals surface area contributed by atoms with Gasteiger partial charge in [-0.05, 0) is 106 Å². The molecular weight excluding hydrogens is 1060 g/mol. The van der Waals surface area contributed by atoms with Crippen molar-refractivity contribution >= 4 is 103 Å². The molecule has 0 radical (unpaired) electrons. The molecule has 0 saturated heterocycles. The lowest BCUT2D eigenvalue weighted by atomic mass is 9.84. The average Bonchev–Trinajstić information content (AvgIpc) is 1.13. The molecule has 84 heavy (non-hydrogen) atoms. The van der Waals surface area contributed by atoms with Crippen LogP contribution in [0.15, 0.2) is 82.5 Å². The molecule has 0 bridgehead atoms. The zero-order valence-electron chi connectivity index (χ0n) is 50.8. The van der Waals surface area contributed by atoms with Gasteiger partial charge in [-0.3, -0.25) is 13.8 Å². The van der Waals surface area contributed by atoms with Crippen LogP contribution in [0.3, 0.4) is 0 Å². The normalized spacial score (nSPS) is 13.8. The predicted molar refractivity (Wildman–Crippen MR) is 355 cm³/mol. The molecule has 11 rings (SSSR count). The molecule has 1 aliphatic rings. The summed E-state index contributed by atoms with van der Waals surface area (Å²) in [5, 5.41) is 21.9. The van der Waals surface area contributed by atoms with Crippen molar-refractivity contribution in [1.82, 2.24) is 23.2 Å². The van der Waals surface area contributed by atoms with Crippen molar-refractivity contribution in [2.24, 2.45) is 0 Å². The minimum absolute atomic E-state index is 0.137. The molecule has 3 aromatic heterocycles. The van der Waals surface area contributed by atoms with Crippen LogP contribution in [0.2, 0.25) is 0 Å². The van der Waals surface area contributed by atoms with Gasteiger partial charge >= 0.3 is 0 Å². The highest BCUT2D eigenvalue weighted by atomic mass is 32.2. The highest BCUT2D eigenvalue weighted by Crippen LogP contribution is 2.50. The van der Waals surface area contributed by atoms with E-state index in [1.807, 2.05) is 18.2 Å². The van der Waals surface area contributed by atoms with Gasteiger partial charge in [0.1, 0.15) is 11.5 Å². The lowest BCUT2D eigenvalue weighted by Crippen LogP contribution is -2.33. The van der Waals surface area contributed by atoms with Crippen molar-refractivity contribution in [3.8, 4) is 11.4 Å². The summed E-state index contributed by atoms with van der Waals surface area (Å²) in [5.41, 5.74) is 20.2. The Morgan fingerprint density at radius 3 is 1.49 bits per heavy atom. The van der Waals surface area contributed by atoms with E-state index in [9.17, 15) is 18.3 Å². The summed E-state index contributed by atoms with van der Waals surface area (Å²) in [7, 11) is -3.93. The van der Waals surface area contributed by atoms with Gasteiger partial charge in [0, 0.05) is 45.8 Å². The van der Waals surface area contributed by atoms with Crippen LogP contribution in [0, 0.1) is 0 Å². The van der Waals surface area contributed by atoms with Crippen LogP contribution >= 0.6 is 0 Å². The molecule has 1 atom stereocenters. The SMILES string of the molecule is CCCCCCCCCCCCc1cc(N)c2c(c1)nc1c3ccc4c5ccc6c7c(ccc(c8ccc(c(=O)n12)c3c84)c75)C(O)n1c-6nc2cc(S(=O)(=O)N(CCCCCCCCCCCC)CCCCCCCCCCCC)cc(N)c21. The lowest BCUT2D eigenvalue weighted by molar-refractivity contribution is 0.152. The van der Waals surface area contributed by atoms with Crippen LogP contribution in [-0.4, -0.2) is 49.9 Å². The second kappa shape index (κ2) is 27.1. The Hall–Kier alpha value is -6.08. The number of nitrogens with zero attached hydrogens (tertiary/aromatic N) is 5. The second-order valence-electron chi connectivity index (χ2n) is 25.1. The molecule has 5 N–H and O–H groups in total. The quantitative estimate of drug-likeness (QED) is 0.0153. The Labute approximate surface area is 498 Å². The third-order valence-electron chi connectivity index (χ3n) is 19.0. The number of aryl methyl sites for hydroxylation is 1. The Balaban J connectivity index is 0.880. The maximum absolute atomic E-state index is 14.9. The number of aliphatic hydroxyl groups excluding tert-OH is 1. The maximum Gasteiger partial charge on any atom is 0.264 e. The molecule has 12 heteroatoms. The molecule has 1 aliphatic heterocycles. The van der Waals surface area contributed by atoms with Gasteiger partial charge in [-0.15, -0.1) is 0 Å². The van der Waals surface area contributed by atoms with Crippen LogP contribution in [-0.2, 0) is 16.4 Å². The average molecular weight is 1150 g/mol. The fraction of sp³-hybridized carbons (Fsp3) is 0.514. The number of fused-ring (bicyclic) bond motifs is 10. The van der Waals surface area contributed by atoms with E-state index < -0.39 is 16.3 Å². The van der Waals surface area contributed by atoms with E-state index in [2.05, 4.69) is 63.2 Å². The Morgan fingerprint density at radius 1 is 0.488 bits per heavy atom. The van der Waals surface area contributed by atoms with E-state index in [1.165, 1.54) is 148 Å². The molecular formula is C72H93N7O4S. The standard InChI is InChI=1S/C72H93N7O4S/c1-4-7-10-13-16-19-22-25-28-31-34-49-45-59(73)67-61(46-49)75-69-55-39-35-51-52-36-40-56-66-58(42-38-54(64(52)66)53-37-41-57(65(55)63(51)53)71(80)78(67)69)72(81)79-68-60(74)47-50(48-62(68)76-70(56)79)84(82,83)77(43-32-29-26-23-20-17-14-11-8-5-2)44-33-30-27-24-21-18-15-12-9-6-3/h35-42,45-48,72,81H,4-34,43-44,73-74H2,1-3H3. The summed E-state index contributed by atoms with van der Waals surface area (Å²) in [5.74, 6) is 0.536. The summed E-state index contributed by atoms with van der Waals surface area (Å²) in [6.07, 6.45) is 36.3. The minimum atomic E-state index is -3.93. The number of unbranched alkanes of at least 4 members (excludes halogenated alkanes) is 27. The zero-order chi connectivity index (χ0) is 58.3. The topological polar surface area (TPSA) is 162 Å². The first kappa shape index (κ1) is 59.6. The van der Waals surface area contributed by atoms with E-state index in [-0.39, 0.29) is 16.1 Å². The molecule has 0 aliphatic carbocycles. The molecule has 4 heterocycles. The highest BCUT2D eigenvalue weighted by Gasteiger charge is 2.34.